The van der Waals surface area contributed by atoms with E-state index in [0.717, 1.165) is 0 Å². The molecule has 164 valence electrons. The average Bonchev–Trinajstić information content (AvgIpc) is 2.65. The van der Waals surface area contributed by atoms with E-state index in [1.54, 1.807) is 0 Å². The van der Waals surface area contributed by atoms with Crippen molar-refractivity contribution in [2.75, 3.05) is 13.2 Å². The molecule has 0 atom stereocenters. The Bertz CT molecular complexity index is 820. The zero-order valence-electron chi connectivity index (χ0n) is 15.9. The molecule has 30 heavy (non-hydrogen) atoms. The number of carbonyl (C=O) groups is 2. The van der Waals surface area contributed by atoms with E-state index in [9.17, 15) is 35.9 Å². The number of nitrogens with zero attached hydrogens (tertiary/aromatic N) is 1. The molecule has 0 spiro atoms. The molecule has 0 bridgehead atoms. The lowest BCUT2D eigenvalue weighted by Crippen LogP contribution is -2.29. The molecule has 1 heterocycles. The van der Waals surface area contributed by atoms with Gasteiger partial charge in [0, 0.05) is 5.92 Å². The van der Waals surface area contributed by atoms with Crippen LogP contribution in [0.5, 0.6) is 0 Å². The molecule has 0 aliphatic heterocycles. The molecule has 1 aliphatic carbocycles. The Morgan fingerprint density at radius 1 is 0.900 bits per heavy atom. The molecule has 0 N–H and O–H groups in total. The second-order valence-electron chi connectivity index (χ2n) is 6.03. The van der Waals surface area contributed by atoms with E-state index >= 15 is 0 Å². The second kappa shape index (κ2) is 8.88. The van der Waals surface area contributed by atoms with E-state index in [4.69, 9.17) is 0 Å². The van der Waals surface area contributed by atoms with Crippen LogP contribution in [0.3, 0.4) is 0 Å². The summed E-state index contributed by atoms with van der Waals surface area (Å²) in [6, 6.07) is 0. The Labute approximate surface area is 167 Å². The number of esters is 2. The topological polar surface area (TPSA) is 65.5 Å². The van der Waals surface area contributed by atoms with E-state index in [-0.39, 0.29) is 13.2 Å². The number of carbonyl (C=O) groups excluding carboxylic acids is 2. The molecule has 0 aromatic carbocycles. The highest BCUT2D eigenvalue weighted by Crippen LogP contribution is 2.43. The Balaban J connectivity index is 3.07. The maximum atomic E-state index is 13.7. The fourth-order valence-corrected chi connectivity index (χ4v) is 2.95. The van der Waals surface area contributed by atoms with Gasteiger partial charge in [-0.3, -0.25) is 0 Å². The van der Waals surface area contributed by atoms with Crippen LogP contribution in [-0.2, 0) is 21.8 Å². The van der Waals surface area contributed by atoms with Gasteiger partial charge < -0.3 is 9.47 Å². The number of alkyl halides is 6. The number of rotatable bonds is 5. The SMILES string of the molecule is CCOC(=O)c1c(C(F)(F)F)nc(C(F)(F)F)c(C(=O)OCC)c1C1C=CCC=C1. The summed E-state index contributed by atoms with van der Waals surface area (Å²) in [5.74, 6) is -4.32. The smallest absolute Gasteiger partial charge is 0.434 e. The minimum atomic E-state index is -5.42. The summed E-state index contributed by atoms with van der Waals surface area (Å²) in [5, 5.41) is 0. The summed E-state index contributed by atoms with van der Waals surface area (Å²) in [4.78, 5) is 27.5. The van der Waals surface area contributed by atoms with Crippen molar-refractivity contribution >= 4 is 11.9 Å². The van der Waals surface area contributed by atoms with Crippen LogP contribution in [0.4, 0.5) is 26.3 Å². The molecule has 0 unspecified atom stereocenters. The van der Waals surface area contributed by atoms with Crippen molar-refractivity contribution in [3.05, 3.63) is 52.4 Å². The van der Waals surface area contributed by atoms with Crippen LogP contribution in [0.25, 0.3) is 0 Å². The van der Waals surface area contributed by atoms with Crippen LogP contribution in [0.15, 0.2) is 24.3 Å². The monoisotopic (exact) mass is 437 g/mol. The van der Waals surface area contributed by atoms with Crippen LogP contribution in [0.2, 0.25) is 0 Å². The van der Waals surface area contributed by atoms with Gasteiger partial charge in [0.05, 0.1) is 24.3 Å². The third-order valence-electron chi connectivity index (χ3n) is 4.02. The molecule has 11 heteroatoms. The lowest BCUT2D eigenvalue weighted by Gasteiger charge is -2.24. The van der Waals surface area contributed by atoms with Gasteiger partial charge in [0.15, 0.2) is 11.4 Å². The molecule has 1 aliphatic rings. The molecule has 1 aromatic rings. The number of hydrogen-bond acceptors (Lipinski definition) is 5. The van der Waals surface area contributed by atoms with Crippen LogP contribution in [0.1, 0.15) is 63.9 Å². The molecule has 1 aromatic heterocycles. The van der Waals surface area contributed by atoms with E-state index in [0.29, 0.717) is 6.42 Å². The highest BCUT2D eigenvalue weighted by Gasteiger charge is 2.48. The first-order chi connectivity index (χ1) is 13.9. The summed E-state index contributed by atoms with van der Waals surface area (Å²) in [6.07, 6.45) is -4.92. The van der Waals surface area contributed by atoms with E-state index in [1.165, 1.54) is 38.2 Å². The van der Waals surface area contributed by atoms with Gasteiger partial charge in [-0.1, -0.05) is 24.3 Å². The highest BCUT2D eigenvalue weighted by molar-refractivity contribution is 6.00. The number of hydrogen-bond donors (Lipinski definition) is 0. The van der Waals surface area contributed by atoms with Gasteiger partial charge in [0.2, 0.25) is 0 Å². The quantitative estimate of drug-likeness (QED) is 0.366. The van der Waals surface area contributed by atoms with E-state index < -0.39 is 58.3 Å². The largest absolute Gasteiger partial charge is 0.462 e. The Hall–Kier alpha value is -2.85. The maximum Gasteiger partial charge on any atom is 0.434 e. The van der Waals surface area contributed by atoms with Crippen LogP contribution >= 0.6 is 0 Å². The second-order valence-corrected chi connectivity index (χ2v) is 6.03. The lowest BCUT2D eigenvalue weighted by molar-refractivity contribution is -0.151. The molecule has 0 saturated carbocycles. The van der Waals surface area contributed by atoms with Gasteiger partial charge in [-0.05, 0) is 25.8 Å². The van der Waals surface area contributed by atoms with Gasteiger partial charge >= 0.3 is 24.3 Å². The zero-order valence-corrected chi connectivity index (χ0v) is 15.9. The van der Waals surface area contributed by atoms with Crippen molar-refractivity contribution in [3.63, 3.8) is 0 Å². The van der Waals surface area contributed by atoms with Crippen LogP contribution < -0.4 is 0 Å². The first-order valence-corrected chi connectivity index (χ1v) is 8.83. The first-order valence-electron chi connectivity index (χ1n) is 8.83. The number of aromatic nitrogens is 1. The number of allylic oxidation sites excluding steroid dienone is 4. The van der Waals surface area contributed by atoms with Crippen molar-refractivity contribution in [2.45, 2.75) is 38.5 Å². The van der Waals surface area contributed by atoms with Crippen LogP contribution in [0, 0.1) is 0 Å². The minimum absolute atomic E-state index is 0.346. The predicted molar refractivity (Wildman–Crippen MR) is 91.8 cm³/mol. The van der Waals surface area contributed by atoms with Crippen molar-refractivity contribution in [2.24, 2.45) is 0 Å². The van der Waals surface area contributed by atoms with Crippen molar-refractivity contribution < 1.29 is 45.4 Å². The third kappa shape index (κ3) is 4.82. The summed E-state index contributed by atoms with van der Waals surface area (Å²) in [7, 11) is 0. The van der Waals surface area contributed by atoms with Crippen LogP contribution in [-0.4, -0.2) is 30.1 Å². The van der Waals surface area contributed by atoms with E-state index in [1.807, 2.05) is 0 Å². The molecule has 0 saturated heterocycles. The number of ether oxygens (including phenoxy) is 2. The molecule has 2 rings (SSSR count). The summed E-state index contributed by atoms with van der Waals surface area (Å²) in [5.41, 5.74) is -7.47. The standard InChI is InChI=1S/C19H17F6NO4/c1-3-29-16(27)12-11(10-8-6-5-7-9-10)13(17(28)30-4-2)15(19(23,24)25)26-14(12)18(20,21)22/h6-10H,3-5H2,1-2H3. The van der Waals surface area contributed by atoms with E-state index in [2.05, 4.69) is 14.5 Å². The zero-order chi connectivity index (χ0) is 22.7. The minimum Gasteiger partial charge on any atom is -0.462 e. The molecular formula is C19H17F6NO4. The third-order valence-corrected chi connectivity index (χ3v) is 4.02. The van der Waals surface area contributed by atoms with Gasteiger partial charge in [-0.2, -0.15) is 26.3 Å². The Morgan fingerprint density at radius 2 is 1.30 bits per heavy atom. The normalized spacial score (nSPS) is 14.7. The fraction of sp³-hybridized carbons (Fsp3) is 0.421. The number of pyridine rings is 1. The Kier molecular flexibility index (Phi) is 6.94. The summed E-state index contributed by atoms with van der Waals surface area (Å²) < 4.78 is 91.2. The lowest BCUT2D eigenvalue weighted by atomic mass is 9.85. The summed E-state index contributed by atoms with van der Waals surface area (Å²) in [6.45, 7) is 1.94. The molecule has 0 radical (unpaired) electrons. The number of halogens is 6. The van der Waals surface area contributed by atoms with Crippen molar-refractivity contribution in [3.8, 4) is 0 Å². The Morgan fingerprint density at radius 3 is 1.63 bits per heavy atom. The maximum absolute atomic E-state index is 13.7. The van der Waals surface area contributed by atoms with Gasteiger partial charge in [-0.15, -0.1) is 0 Å². The van der Waals surface area contributed by atoms with Gasteiger partial charge in [-0.25, -0.2) is 14.6 Å². The van der Waals surface area contributed by atoms with Crippen molar-refractivity contribution in [1.82, 2.24) is 4.98 Å². The molecular weight excluding hydrogens is 420 g/mol. The highest BCUT2D eigenvalue weighted by atomic mass is 19.4. The molecule has 5 nitrogen and oxygen atoms in total. The summed E-state index contributed by atoms with van der Waals surface area (Å²) >= 11 is 0. The first kappa shape index (κ1) is 23.4. The molecule has 0 fully saturated rings. The van der Waals surface area contributed by atoms with Gasteiger partial charge in [0.25, 0.3) is 0 Å². The predicted octanol–water partition coefficient (Wildman–Crippen LogP) is 5.07. The fourth-order valence-electron chi connectivity index (χ4n) is 2.95. The van der Waals surface area contributed by atoms with Crippen molar-refractivity contribution in [1.29, 1.82) is 0 Å². The van der Waals surface area contributed by atoms with Gasteiger partial charge in [0.1, 0.15) is 0 Å². The average molecular weight is 437 g/mol. The molecule has 0 amide bonds.